The van der Waals surface area contributed by atoms with E-state index >= 15 is 0 Å². The Bertz CT molecular complexity index is 1120. The summed E-state index contributed by atoms with van der Waals surface area (Å²) < 4.78 is 6.64. The van der Waals surface area contributed by atoms with Crippen molar-refractivity contribution in [3.05, 3.63) is 29.3 Å². The summed E-state index contributed by atoms with van der Waals surface area (Å²) in [6.07, 6.45) is 12.6. The molecule has 39 heavy (non-hydrogen) atoms. The molecule has 4 heterocycles. The Hall–Kier alpha value is -2.45. The zero-order valence-corrected chi connectivity index (χ0v) is 23.0. The van der Waals surface area contributed by atoms with Crippen LogP contribution in [0.3, 0.4) is 0 Å². The first-order chi connectivity index (χ1) is 19.0. The third-order valence-corrected chi connectivity index (χ3v) is 10.7. The molecule has 2 saturated carbocycles. The number of piperidine rings is 2. The van der Waals surface area contributed by atoms with Crippen molar-refractivity contribution >= 4 is 17.7 Å². The van der Waals surface area contributed by atoms with Crippen molar-refractivity contribution in [3.63, 3.8) is 0 Å². The van der Waals surface area contributed by atoms with Crippen molar-refractivity contribution in [2.75, 3.05) is 26.2 Å². The van der Waals surface area contributed by atoms with Crippen LogP contribution in [0.2, 0.25) is 0 Å². The van der Waals surface area contributed by atoms with Gasteiger partial charge in [0.2, 0.25) is 11.8 Å². The molecule has 3 saturated heterocycles. The van der Waals surface area contributed by atoms with Crippen molar-refractivity contribution in [2.24, 2.45) is 11.8 Å². The lowest BCUT2D eigenvalue weighted by Gasteiger charge is -2.52. The minimum atomic E-state index is -0.584. The molecule has 0 radical (unpaired) electrons. The number of hydrogen-bond acceptors (Lipinski definition) is 6. The number of carbonyl (C=O) groups is 3. The predicted octanol–water partition coefficient (Wildman–Crippen LogP) is 3.33. The molecule has 4 aliphatic heterocycles. The van der Waals surface area contributed by atoms with E-state index in [9.17, 15) is 14.4 Å². The second kappa shape index (κ2) is 10.5. The number of benzene rings is 1. The third-order valence-electron chi connectivity index (χ3n) is 10.7. The summed E-state index contributed by atoms with van der Waals surface area (Å²) in [4.78, 5) is 44.0. The van der Waals surface area contributed by atoms with Gasteiger partial charge in [-0.1, -0.05) is 12.8 Å². The number of ether oxygens (including phenoxy) is 1. The summed E-state index contributed by atoms with van der Waals surface area (Å²) in [5.74, 6) is 1.80. The highest BCUT2D eigenvalue weighted by Gasteiger charge is 2.43. The molecular formula is C31H42N4O4. The van der Waals surface area contributed by atoms with E-state index in [0.29, 0.717) is 24.6 Å². The maximum absolute atomic E-state index is 13.1. The number of likely N-dealkylation sites (tertiary alicyclic amines) is 2. The molecule has 210 valence electrons. The van der Waals surface area contributed by atoms with Crippen LogP contribution in [0.4, 0.5) is 0 Å². The Labute approximate surface area is 231 Å². The lowest BCUT2D eigenvalue weighted by atomic mass is 9.76. The van der Waals surface area contributed by atoms with Gasteiger partial charge in [0, 0.05) is 43.7 Å². The summed E-state index contributed by atoms with van der Waals surface area (Å²) in [6, 6.07) is 6.55. The van der Waals surface area contributed by atoms with Gasteiger partial charge in [0.05, 0.1) is 0 Å². The first kappa shape index (κ1) is 25.5. The number of carbonyl (C=O) groups excluding carboxylic acids is 3. The van der Waals surface area contributed by atoms with Gasteiger partial charge in [0.15, 0.2) is 0 Å². The van der Waals surface area contributed by atoms with E-state index < -0.39 is 6.04 Å². The second-order valence-electron chi connectivity index (χ2n) is 12.9. The molecular weight excluding hydrogens is 492 g/mol. The van der Waals surface area contributed by atoms with Crippen LogP contribution in [-0.4, -0.2) is 82.8 Å². The van der Waals surface area contributed by atoms with E-state index in [2.05, 4.69) is 15.1 Å². The highest BCUT2D eigenvalue weighted by molar-refractivity contribution is 6.05. The summed E-state index contributed by atoms with van der Waals surface area (Å²) in [5, 5.41) is 2.38. The Morgan fingerprint density at radius 1 is 0.821 bits per heavy atom. The van der Waals surface area contributed by atoms with Crippen LogP contribution < -0.4 is 10.1 Å². The van der Waals surface area contributed by atoms with Crippen LogP contribution in [0.25, 0.3) is 0 Å². The molecule has 0 spiro atoms. The molecule has 0 aromatic heterocycles. The van der Waals surface area contributed by atoms with E-state index in [1.54, 1.807) is 4.90 Å². The molecule has 1 N–H and O–H groups in total. The molecule has 2 aliphatic carbocycles. The van der Waals surface area contributed by atoms with E-state index in [4.69, 9.17) is 4.74 Å². The molecule has 1 aromatic carbocycles. The van der Waals surface area contributed by atoms with Crippen molar-refractivity contribution in [2.45, 2.75) is 101 Å². The fraction of sp³-hybridized carbons (Fsp3) is 0.710. The standard InChI is InChI=1S/C31H42N4O4/c36-29-11-10-27(30(37)32-29)35-19-21-16-24(8-9-25(21)31(35)38)39-28-7-2-1-6-26(28)34-17-22(18-34)20-12-14-33(15-13-20)23-4-3-5-23/h8-9,16,20,22-23,26-28H,1-7,10-15,17-19H2,(H,32,36,37)/t26-,27?,28-/m1/s1. The highest BCUT2D eigenvalue weighted by atomic mass is 16.5. The molecule has 8 heteroatoms. The number of nitrogens with zero attached hydrogens (tertiary/aromatic N) is 3. The summed E-state index contributed by atoms with van der Waals surface area (Å²) in [5.41, 5.74) is 1.55. The van der Waals surface area contributed by atoms with Gasteiger partial charge >= 0.3 is 0 Å². The van der Waals surface area contributed by atoms with Gasteiger partial charge in [-0.05, 0) is 100 Å². The number of hydrogen-bond donors (Lipinski definition) is 1. The van der Waals surface area contributed by atoms with Crippen molar-refractivity contribution in [1.29, 1.82) is 0 Å². The normalized spacial score (nSPS) is 31.5. The van der Waals surface area contributed by atoms with Gasteiger partial charge in [-0.3, -0.25) is 24.6 Å². The van der Waals surface area contributed by atoms with E-state index in [1.165, 1.54) is 77.5 Å². The number of rotatable bonds is 6. The fourth-order valence-corrected chi connectivity index (χ4v) is 8.06. The second-order valence-corrected chi connectivity index (χ2v) is 12.9. The minimum absolute atomic E-state index is 0.133. The Balaban J connectivity index is 0.951. The molecule has 5 fully saturated rings. The Morgan fingerprint density at radius 2 is 1.62 bits per heavy atom. The van der Waals surface area contributed by atoms with Crippen molar-refractivity contribution < 1.29 is 19.1 Å². The molecule has 1 unspecified atom stereocenters. The summed E-state index contributed by atoms with van der Waals surface area (Å²) in [6.45, 7) is 5.45. The largest absolute Gasteiger partial charge is 0.489 e. The molecule has 1 aromatic rings. The molecule has 8 nitrogen and oxygen atoms in total. The average molecular weight is 535 g/mol. The number of amides is 3. The van der Waals surface area contributed by atoms with Crippen LogP contribution in [0.15, 0.2) is 18.2 Å². The smallest absolute Gasteiger partial charge is 0.255 e. The van der Waals surface area contributed by atoms with Gasteiger partial charge in [-0.25, -0.2) is 0 Å². The molecule has 3 amide bonds. The van der Waals surface area contributed by atoms with Gasteiger partial charge in [-0.15, -0.1) is 0 Å². The first-order valence-corrected chi connectivity index (χ1v) is 15.5. The molecule has 6 aliphatic rings. The fourth-order valence-electron chi connectivity index (χ4n) is 8.06. The van der Waals surface area contributed by atoms with Gasteiger partial charge in [0.1, 0.15) is 17.9 Å². The molecule has 3 atom stereocenters. The average Bonchev–Trinajstić information content (AvgIpc) is 3.19. The Morgan fingerprint density at radius 3 is 2.36 bits per heavy atom. The number of imide groups is 1. The van der Waals surface area contributed by atoms with Gasteiger partial charge in [-0.2, -0.15) is 0 Å². The first-order valence-electron chi connectivity index (χ1n) is 15.5. The zero-order chi connectivity index (χ0) is 26.5. The minimum Gasteiger partial charge on any atom is -0.489 e. The van der Waals surface area contributed by atoms with Crippen molar-refractivity contribution in [3.8, 4) is 5.75 Å². The van der Waals surface area contributed by atoms with Crippen LogP contribution in [0.5, 0.6) is 5.75 Å². The summed E-state index contributed by atoms with van der Waals surface area (Å²) >= 11 is 0. The summed E-state index contributed by atoms with van der Waals surface area (Å²) in [7, 11) is 0. The van der Waals surface area contributed by atoms with Crippen LogP contribution in [0.1, 0.15) is 86.6 Å². The maximum Gasteiger partial charge on any atom is 0.255 e. The lowest BCUT2D eigenvalue weighted by molar-refractivity contribution is -0.136. The monoisotopic (exact) mass is 534 g/mol. The van der Waals surface area contributed by atoms with Gasteiger partial charge in [0.25, 0.3) is 5.91 Å². The topological polar surface area (TPSA) is 82.2 Å². The zero-order valence-electron chi connectivity index (χ0n) is 23.0. The molecule has 7 rings (SSSR count). The number of fused-ring (bicyclic) bond motifs is 1. The highest BCUT2D eigenvalue weighted by Crippen LogP contribution is 2.39. The van der Waals surface area contributed by atoms with Crippen LogP contribution in [0, 0.1) is 11.8 Å². The predicted molar refractivity (Wildman–Crippen MR) is 146 cm³/mol. The SMILES string of the molecule is O=C1CCC(N2Cc3cc(O[C@@H]4CCCC[C@H]4N4CC(C5CCN(C6CCC6)CC5)C4)ccc3C2=O)C(=O)N1. The van der Waals surface area contributed by atoms with Gasteiger partial charge < -0.3 is 14.5 Å². The number of nitrogens with one attached hydrogen (secondary N) is 1. The quantitative estimate of drug-likeness (QED) is 0.564. The third kappa shape index (κ3) is 4.88. The maximum atomic E-state index is 13.1. The lowest BCUT2D eigenvalue weighted by Crippen LogP contribution is -2.60. The van der Waals surface area contributed by atoms with Crippen LogP contribution in [-0.2, 0) is 16.1 Å². The Kier molecular flexibility index (Phi) is 6.87. The van der Waals surface area contributed by atoms with E-state index in [1.807, 2.05) is 18.2 Å². The van der Waals surface area contributed by atoms with E-state index in [-0.39, 0.29) is 30.2 Å². The van der Waals surface area contributed by atoms with E-state index in [0.717, 1.165) is 35.6 Å². The van der Waals surface area contributed by atoms with Crippen LogP contribution >= 0.6 is 0 Å². The van der Waals surface area contributed by atoms with Crippen molar-refractivity contribution in [1.82, 2.24) is 20.0 Å². The molecule has 0 bridgehead atoms.